The highest BCUT2D eigenvalue weighted by Gasteiger charge is 2.53. The van der Waals surface area contributed by atoms with Crippen LogP contribution in [-0.4, -0.2) is 86.2 Å². The molecule has 2 bridgehead atoms. The van der Waals surface area contributed by atoms with Crippen LogP contribution in [0.2, 0.25) is 0 Å². The van der Waals surface area contributed by atoms with Gasteiger partial charge in [0, 0.05) is 5.92 Å². The molecule has 17 nitrogen and oxygen atoms in total. The molecule has 7 rings (SSSR count). The summed E-state index contributed by atoms with van der Waals surface area (Å²) in [6.07, 6.45) is -3.34. The molecule has 3 saturated heterocycles. The van der Waals surface area contributed by atoms with E-state index in [-0.39, 0.29) is 41.0 Å². The molecule has 3 aliphatic rings. The standard InChI is InChI=1S/C21H23FN9O8P/c22-11-8-1-2-9-14(32)15(21(37-9)31-6-28-12-16(23)24-4-25-17(12)31)39-40(34,35)36-3-10(8)38-20(11)30-7-29-13-18(30)26-5-27-19(13)33/h4-11,14-15,20-21,32H,1-3H2,(H,34,35)(H2,23,24,25)(H,26,27,33)/t8-,9?,10-,11-,14-,15-,20-,21-/m1/s1. The van der Waals surface area contributed by atoms with Crippen molar-refractivity contribution in [1.29, 1.82) is 0 Å². The molecule has 5 N–H and O–H groups in total. The molecule has 0 amide bonds. The number of H-pyrrole nitrogens is 1. The fraction of sp³-hybridized carbons (Fsp3) is 0.524. The second-order valence-electron chi connectivity index (χ2n) is 9.78. The summed E-state index contributed by atoms with van der Waals surface area (Å²) in [4.78, 5) is 45.4. The van der Waals surface area contributed by atoms with E-state index < -0.39 is 69.0 Å². The highest BCUT2D eigenvalue weighted by atomic mass is 31.2. The Morgan fingerprint density at radius 2 is 1.75 bits per heavy atom. The number of rotatable bonds is 2. The van der Waals surface area contributed by atoms with Crippen molar-refractivity contribution in [3.05, 3.63) is 35.7 Å². The molecule has 40 heavy (non-hydrogen) atoms. The zero-order valence-electron chi connectivity index (χ0n) is 20.4. The summed E-state index contributed by atoms with van der Waals surface area (Å²) in [6, 6.07) is 0. The Morgan fingerprint density at radius 3 is 2.58 bits per heavy atom. The van der Waals surface area contributed by atoms with Gasteiger partial charge in [0.25, 0.3) is 5.56 Å². The third kappa shape index (κ3) is 4.02. The number of phosphoric ester groups is 1. The number of hydrogen-bond acceptors (Lipinski definition) is 13. The van der Waals surface area contributed by atoms with Gasteiger partial charge in [-0.05, 0) is 12.8 Å². The Morgan fingerprint density at radius 1 is 1.02 bits per heavy atom. The van der Waals surface area contributed by atoms with Gasteiger partial charge in [-0.15, -0.1) is 0 Å². The van der Waals surface area contributed by atoms with E-state index >= 15 is 4.39 Å². The minimum atomic E-state index is -4.82. The number of halogens is 1. The monoisotopic (exact) mass is 579 g/mol. The van der Waals surface area contributed by atoms with Crippen molar-refractivity contribution in [3.63, 3.8) is 0 Å². The van der Waals surface area contributed by atoms with Crippen molar-refractivity contribution < 1.29 is 37.5 Å². The van der Waals surface area contributed by atoms with Gasteiger partial charge in [-0.25, -0.2) is 33.9 Å². The summed E-state index contributed by atoms with van der Waals surface area (Å²) < 4.78 is 54.3. The first-order valence-electron chi connectivity index (χ1n) is 12.3. The maximum Gasteiger partial charge on any atom is 0.472 e. The van der Waals surface area contributed by atoms with Gasteiger partial charge in [-0.2, -0.15) is 0 Å². The van der Waals surface area contributed by atoms with Gasteiger partial charge in [-0.3, -0.25) is 23.0 Å². The fourth-order valence-corrected chi connectivity index (χ4v) is 6.54. The smallest absolute Gasteiger partial charge is 0.387 e. The molecule has 4 aromatic heterocycles. The largest absolute Gasteiger partial charge is 0.472 e. The normalized spacial score (nSPS) is 36.6. The molecule has 3 fully saturated rings. The van der Waals surface area contributed by atoms with E-state index in [4.69, 9.17) is 24.3 Å². The summed E-state index contributed by atoms with van der Waals surface area (Å²) in [7, 11) is -4.82. The molecule has 0 saturated carbocycles. The first-order valence-corrected chi connectivity index (χ1v) is 13.8. The summed E-state index contributed by atoms with van der Waals surface area (Å²) in [6.45, 7) is -0.479. The molecular weight excluding hydrogens is 556 g/mol. The van der Waals surface area contributed by atoms with Crippen LogP contribution in [0.25, 0.3) is 22.3 Å². The van der Waals surface area contributed by atoms with Crippen molar-refractivity contribution in [2.45, 2.75) is 55.9 Å². The van der Waals surface area contributed by atoms with Crippen LogP contribution in [0.4, 0.5) is 10.2 Å². The van der Waals surface area contributed by atoms with Crippen LogP contribution < -0.4 is 11.3 Å². The number of anilines is 1. The van der Waals surface area contributed by atoms with E-state index in [0.717, 1.165) is 0 Å². The van der Waals surface area contributed by atoms with Gasteiger partial charge < -0.3 is 30.2 Å². The molecule has 7 heterocycles. The number of ether oxygens (including phenoxy) is 2. The van der Waals surface area contributed by atoms with Crippen LogP contribution >= 0.6 is 7.82 Å². The molecule has 212 valence electrons. The van der Waals surface area contributed by atoms with Gasteiger partial charge >= 0.3 is 7.82 Å². The molecule has 0 spiro atoms. The molecule has 0 aromatic carbocycles. The lowest BCUT2D eigenvalue weighted by atomic mass is 9.91. The van der Waals surface area contributed by atoms with E-state index in [1.165, 1.54) is 34.4 Å². The number of aromatic nitrogens is 8. The highest BCUT2D eigenvalue weighted by molar-refractivity contribution is 7.47. The maximum atomic E-state index is 16.0. The number of hydrogen-bond donors (Lipinski definition) is 4. The van der Waals surface area contributed by atoms with Crippen molar-refractivity contribution in [2.24, 2.45) is 5.92 Å². The minimum absolute atomic E-state index is 0.0100. The first-order chi connectivity index (χ1) is 19.2. The van der Waals surface area contributed by atoms with Gasteiger partial charge in [0.05, 0.1) is 37.8 Å². The molecule has 19 heteroatoms. The van der Waals surface area contributed by atoms with Crippen LogP contribution in [0.1, 0.15) is 25.3 Å². The molecule has 9 atom stereocenters. The van der Waals surface area contributed by atoms with Crippen molar-refractivity contribution in [1.82, 2.24) is 39.0 Å². The van der Waals surface area contributed by atoms with Crippen LogP contribution in [0.5, 0.6) is 0 Å². The van der Waals surface area contributed by atoms with Crippen LogP contribution in [0, 0.1) is 5.92 Å². The van der Waals surface area contributed by atoms with Crippen molar-refractivity contribution in [2.75, 3.05) is 12.3 Å². The average Bonchev–Trinajstić information content (AvgIpc) is 3.67. The van der Waals surface area contributed by atoms with Gasteiger partial charge in [0.15, 0.2) is 41.3 Å². The van der Waals surface area contributed by atoms with Gasteiger partial charge in [-0.1, -0.05) is 0 Å². The lowest BCUT2D eigenvalue weighted by Crippen LogP contribution is -2.34. The highest BCUT2D eigenvalue weighted by Crippen LogP contribution is 2.52. The first kappa shape index (κ1) is 25.6. The number of aliphatic hydroxyl groups excluding tert-OH is 1. The lowest BCUT2D eigenvalue weighted by Gasteiger charge is -2.25. The summed E-state index contributed by atoms with van der Waals surface area (Å²) >= 11 is 0. The number of aliphatic hydroxyl groups is 1. The van der Waals surface area contributed by atoms with Crippen molar-refractivity contribution in [3.8, 4) is 0 Å². The summed E-state index contributed by atoms with van der Waals surface area (Å²) in [5, 5.41) is 11.1. The molecule has 3 aliphatic heterocycles. The maximum absolute atomic E-state index is 16.0. The predicted molar refractivity (Wildman–Crippen MR) is 130 cm³/mol. The number of imidazole rings is 2. The van der Waals surface area contributed by atoms with Crippen molar-refractivity contribution >= 4 is 36.0 Å². The van der Waals surface area contributed by atoms with Gasteiger partial charge in [0.1, 0.15) is 24.1 Å². The quantitative estimate of drug-likeness (QED) is 0.228. The van der Waals surface area contributed by atoms with E-state index in [0.29, 0.717) is 0 Å². The average molecular weight is 579 g/mol. The number of nitrogens with two attached hydrogens (primary N) is 1. The summed E-state index contributed by atoms with van der Waals surface area (Å²) in [5.74, 6) is -0.722. The predicted octanol–water partition coefficient (Wildman–Crippen LogP) is -0.0523. The van der Waals surface area contributed by atoms with E-state index in [2.05, 4.69) is 29.9 Å². The number of aromatic amines is 1. The Labute approximate surface area is 222 Å². The van der Waals surface area contributed by atoms with E-state index in [9.17, 15) is 19.4 Å². The Hall–Kier alpha value is -3.38. The second-order valence-corrected chi connectivity index (χ2v) is 11.2. The molecule has 4 aromatic rings. The molecule has 2 unspecified atom stereocenters. The minimum Gasteiger partial charge on any atom is -0.387 e. The molecule has 0 radical (unpaired) electrons. The lowest BCUT2D eigenvalue weighted by molar-refractivity contribution is -0.0579. The van der Waals surface area contributed by atoms with E-state index in [1.54, 1.807) is 0 Å². The molecule has 0 aliphatic carbocycles. The Bertz CT molecular complexity index is 1700. The fourth-order valence-electron chi connectivity index (χ4n) is 5.61. The zero-order chi connectivity index (χ0) is 27.8. The number of phosphoric acid groups is 1. The number of fused-ring (bicyclic) bond motifs is 5. The number of alkyl halides is 1. The number of nitrogen functional groups attached to an aromatic ring is 1. The molecular formula is C21H23FN9O8P. The Kier molecular flexibility index (Phi) is 5.97. The second kappa shape index (κ2) is 9.34. The van der Waals surface area contributed by atoms with Crippen LogP contribution in [0.15, 0.2) is 30.1 Å². The third-order valence-electron chi connectivity index (χ3n) is 7.53. The summed E-state index contributed by atoms with van der Waals surface area (Å²) in [5.41, 5.74) is 6.04. The van der Waals surface area contributed by atoms with E-state index in [1.807, 2.05) is 0 Å². The van der Waals surface area contributed by atoms with Crippen LogP contribution in [-0.2, 0) is 23.1 Å². The zero-order valence-corrected chi connectivity index (χ0v) is 21.3. The van der Waals surface area contributed by atoms with Crippen LogP contribution in [0.3, 0.4) is 0 Å². The SMILES string of the molecule is Nc1ncnc2c1ncn2[C@@H]1OC2CC[C@H]3[C@@H](F)[C@H](n4cnc5c(=O)[nH]cnc54)O[C@@H]3COP(=O)(O)O[C@@H]1[C@@H]2O. The third-order valence-corrected chi connectivity index (χ3v) is 8.51. The number of nitrogens with zero attached hydrogens (tertiary/aromatic N) is 7. The van der Waals surface area contributed by atoms with Gasteiger partial charge in [0.2, 0.25) is 0 Å². The number of nitrogens with one attached hydrogen (secondary N) is 1. The Balaban J connectivity index is 1.20. The topological polar surface area (TPSA) is 228 Å².